The molecule has 4 nitrogen and oxygen atoms in total. The number of nitrogens with zero attached hydrogens (tertiary/aromatic N) is 2. The van der Waals surface area contributed by atoms with Crippen LogP contribution in [0.3, 0.4) is 0 Å². The van der Waals surface area contributed by atoms with Gasteiger partial charge in [0.2, 0.25) is 0 Å². The minimum Gasteiger partial charge on any atom is -0.381 e. The van der Waals surface area contributed by atoms with Gasteiger partial charge in [-0.2, -0.15) is 16.9 Å². The summed E-state index contributed by atoms with van der Waals surface area (Å²) in [6.45, 7) is 0.890. The van der Waals surface area contributed by atoms with Crippen molar-refractivity contribution in [2.45, 2.75) is 24.0 Å². The van der Waals surface area contributed by atoms with Crippen molar-refractivity contribution in [2.75, 3.05) is 18.1 Å². The lowest BCUT2D eigenvalue weighted by molar-refractivity contribution is 0.380. The number of nitrogens with one attached hydrogen (secondary N) is 1. The number of anilines is 1. The number of halogens is 1. The largest absolute Gasteiger partial charge is 0.381 e. The van der Waals surface area contributed by atoms with E-state index in [1.807, 2.05) is 11.8 Å². The zero-order valence-corrected chi connectivity index (χ0v) is 12.4. The molecular weight excluding hydrogens is 302 g/mol. The Hall–Kier alpha value is -0.490. The van der Waals surface area contributed by atoms with Crippen LogP contribution in [-0.4, -0.2) is 27.3 Å². The van der Waals surface area contributed by atoms with Crippen molar-refractivity contribution in [1.82, 2.24) is 9.78 Å². The Bertz CT molecular complexity index is 465. The minimum atomic E-state index is -0.109. The highest BCUT2D eigenvalue weighted by atomic mass is 79.9. The third-order valence-electron chi connectivity index (χ3n) is 3.38. The van der Waals surface area contributed by atoms with Crippen LogP contribution < -0.4 is 10.9 Å². The van der Waals surface area contributed by atoms with Crippen molar-refractivity contribution < 1.29 is 0 Å². The van der Waals surface area contributed by atoms with Gasteiger partial charge in [0.15, 0.2) is 0 Å². The highest BCUT2D eigenvalue weighted by Crippen LogP contribution is 2.42. The van der Waals surface area contributed by atoms with Crippen LogP contribution in [0.5, 0.6) is 0 Å². The average molecular weight is 318 g/mol. The number of rotatable bonds is 4. The first-order valence-corrected chi connectivity index (χ1v) is 7.61. The molecule has 0 spiro atoms. The molecule has 0 saturated heterocycles. The zero-order valence-electron chi connectivity index (χ0n) is 9.99. The second-order valence-electron chi connectivity index (χ2n) is 4.40. The van der Waals surface area contributed by atoms with Crippen molar-refractivity contribution in [2.24, 2.45) is 7.05 Å². The van der Waals surface area contributed by atoms with Crippen molar-refractivity contribution in [3.8, 4) is 0 Å². The first-order chi connectivity index (χ1) is 8.08. The first kappa shape index (κ1) is 13.0. The van der Waals surface area contributed by atoms with Crippen LogP contribution in [0.1, 0.15) is 19.3 Å². The Morgan fingerprint density at radius 3 is 2.88 bits per heavy atom. The lowest BCUT2D eigenvalue weighted by Gasteiger charge is -2.40. The third-order valence-corrected chi connectivity index (χ3v) is 5.56. The molecule has 0 bridgehead atoms. The summed E-state index contributed by atoms with van der Waals surface area (Å²) < 4.78 is 2.23. The summed E-state index contributed by atoms with van der Waals surface area (Å²) in [5.41, 5.74) is 0.676. The second-order valence-corrected chi connectivity index (χ2v) is 6.46. The molecule has 0 unspecified atom stereocenters. The highest BCUT2D eigenvalue weighted by Gasteiger charge is 2.35. The summed E-state index contributed by atoms with van der Waals surface area (Å²) in [5.74, 6) is 0. The normalized spacial score (nSPS) is 17.6. The van der Waals surface area contributed by atoms with Gasteiger partial charge in [-0.05, 0) is 35.0 Å². The molecule has 0 aliphatic heterocycles. The quantitative estimate of drug-likeness (QED) is 0.925. The average Bonchev–Trinajstić information content (AvgIpc) is 2.28. The van der Waals surface area contributed by atoms with E-state index in [1.54, 1.807) is 13.2 Å². The van der Waals surface area contributed by atoms with Gasteiger partial charge in [0, 0.05) is 18.3 Å². The molecule has 2 rings (SSSR count). The Labute approximate surface area is 113 Å². The smallest absolute Gasteiger partial charge is 0.282 e. The predicted octanol–water partition coefficient (Wildman–Crippen LogP) is 2.24. The summed E-state index contributed by atoms with van der Waals surface area (Å²) >= 11 is 5.23. The molecule has 0 radical (unpaired) electrons. The second kappa shape index (κ2) is 5.02. The lowest BCUT2D eigenvalue weighted by Crippen LogP contribution is -2.40. The van der Waals surface area contributed by atoms with Crippen molar-refractivity contribution >= 4 is 33.4 Å². The summed E-state index contributed by atoms with van der Waals surface area (Å²) in [5, 5.41) is 7.35. The van der Waals surface area contributed by atoms with E-state index in [0.29, 0.717) is 9.22 Å². The predicted molar refractivity (Wildman–Crippen MR) is 75.8 cm³/mol. The Morgan fingerprint density at radius 1 is 1.65 bits per heavy atom. The van der Waals surface area contributed by atoms with Crippen LogP contribution >= 0.6 is 27.7 Å². The van der Waals surface area contributed by atoms with E-state index in [-0.39, 0.29) is 5.56 Å². The lowest BCUT2D eigenvalue weighted by atomic mass is 9.84. The maximum Gasteiger partial charge on any atom is 0.282 e. The van der Waals surface area contributed by atoms with Crippen LogP contribution in [0, 0.1) is 0 Å². The maximum absolute atomic E-state index is 11.7. The van der Waals surface area contributed by atoms with Gasteiger partial charge in [0.05, 0.1) is 11.9 Å². The van der Waals surface area contributed by atoms with Crippen LogP contribution in [0.4, 0.5) is 5.69 Å². The van der Waals surface area contributed by atoms with Crippen molar-refractivity contribution in [1.29, 1.82) is 0 Å². The Kier molecular flexibility index (Phi) is 3.82. The van der Waals surface area contributed by atoms with E-state index >= 15 is 0 Å². The highest BCUT2D eigenvalue weighted by molar-refractivity contribution is 9.10. The summed E-state index contributed by atoms with van der Waals surface area (Å²) in [7, 11) is 1.65. The van der Waals surface area contributed by atoms with Gasteiger partial charge in [0.1, 0.15) is 4.47 Å². The standard InChI is InChI=1S/C11H16BrN3OS/c1-15-10(16)9(12)8(6-14-15)13-7-11(17-2)4-3-5-11/h6,13H,3-5,7H2,1-2H3. The van der Waals surface area contributed by atoms with Gasteiger partial charge in [-0.1, -0.05) is 6.42 Å². The molecule has 1 aliphatic carbocycles. The van der Waals surface area contributed by atoms with E-state index in [1.165, 1.54) is 23.9 Å². The fourth-order valence-corrected chi connectivity index (χ4v) is 3.33. The van der Waals surface area contributed by atoms with E-state index in [9.17, 15) is 4.79 Å². The van der Waals surface area contributed by atoms with Crippen molar-refractivity contribution in [3.05, 3.63) is 21.0 Å². The number of hydrogen-bond acceptors (Lipinski definition) is 4. The van der Waals surface area contributed by atoms with Crippen LogP contribution in [0.25, 0.3) is 0 Å². The molecule has 1 fully saturated rings. The van der Waals surface area contributed by atoms with Crippen LogP contribution in [0.15, 0.2) is 15.5 Å². The number of hydrogen-bond donors (Lipinski definition) is 1. The molecule has 0 atom stereocenters. The monoisotopic (exact) mass is 317 g/mol. The van der Waals surface area contributed by atoms with E-state index in [4.69, 9.17) is 0 Å². The molecule has 94 valence electrons. The van der Waals surface area contributed by atoms with Crippen LogP contribution in [0.2, 0.25) is 0 Å². The van der Waals surface area contributed by atoms with Gasteiger partial charge in [-0.25, -0.2) is 4.68 Å². The minimum absolute atomic E-state index is 0.109. The Morgan fingerprint density at radius 2 is 2.35 bits per heavy atom. The maximum atomic E-state index is 11.7. The van der Waals surface area contributed by atoms with Gasteiger partial charge in [-0.15, -0.1) is 0 Å². The molecule has 0 amide bonds. The Balaban J connectivity index is 2.09. The fourth-order valence-electron chi connectivity index (χ4n) is 1.91. The summed E-state index contributed by atoms with van der Waals surface area (Å²) in [6.07, 6.45) is 7.64. The van der Waals surface area contributed by atoms with Gasteiger partial charge in [0.25, 0.3) is 5.56 Å². The number of aromatic nitrogens is 2. The number of thioether (sulfide) groups is 1. The van der Waals surface area contributed by atoms with Gasteiger partial charge < -0.3 is 5.32 Å². The molecule has 1 heterocycles. The third kappa shape index (κ3) is 2.52. The molecular formula is C11H16BrN3OS. The van der Waals surface area contributed by atoms with E-state index in [2.05, 4.69) is 32.6 Å². The molecule has 1 saturated carbocycles. The van der Waals surface area contributed by atoms with Gasteiger partial charge in [-0.3, -0.25) is 4.79 Å². The topological polar surface area (TPSA) is 46.9 Å². The fraction of sp³-hybridized carbons (Fsp3) is 0.636. The van der Waals surface area contributed by atoms with Crippen molar-refractivity contribution in [3.63, 3.8) is 0 Å². The van der Waals surface area contributed by atoms with Gasteiger partial charge >= 0.3 is 0 Å². The molecule has 1 aliphatic rings. The summed E-state index contributed by atoms with van der Waals surface area (Å²) in [4.78, 5) is 11.7. The molecule has 1 N–H and O–H groups in total. The SMILES string of the molecule is CSC1(CNc2cnn(C)c(=O)c2Br)CCC1. The van der Waals surface area contributed by atoms with E-state index in [0.717, 1.165) is 12.2 Å². The molecule has 1 aromatic rings. The zero-order chi connectivity index (χ0) is 12.5. The van der Waals surface area contributed by atoms with E-state index < -0.39 is 0 Å². The summed E-state index contributed by atoms with van der Waals surface area (Å²) in [6, 6.07) is 0. The molecule has 6 heteroatoms. The first-order valence-electron chi connectivity index (χ1n) is 5.59. The molecule has 17 heavy (non-hydrogen) atoms. The van der Waals surface area contributed by atoms with Crippen LogP contribution in [-0.2, 0) is 7.05 Å². The molecule has 0 aromatic carbocycles. The molecule has 1 aromatic heterocycles. The number of aryl methyl sites for hydroxylation is 1.